The number of carbonyl (C=O) groups excluding carboxylic acids is 6. The molecule has 5 amide bonds. The highest BCUT2D eigenvalue weighted by Gasteiger charge is 2.43. The highest BCUT2D eigenvalue weighted by molar-refractivity contribution is 5.96. The molecule has 2 rings (SSSR count). The number of cyclic esters (lactones) is 1. The lowest BCUT2D eigenvalue weighted by Crippen LogP contribution is -2.60. The van der Waals surface area contributed by atoms with Crippen molar-refractivity contribution in [3.63, 3.8) is 0 Å². The van der Waals surface area contributed by atoms with E-state index >= 15 is 0 Å². The van der Waals surface area contributed by atoms with E-state index in [2.05, 4.69) is 10.6 Å². The van der Waals surface area contributed by atoms with Crippen molar-refractivity contribution in [3.8, 4) is 0 Å². The normalized spacial score (nSPS) is 28.1. The van der Waals surface area contributed by atoms with Crippen molar-refractivity contribution >= 4 is 41.5 Å². The lowest BCUT2D eigenvalue weighted by Gasteiger charge is -2.37. The third-order valence-corrected chi connectivity index (χ3v) is 8.19. The van der Waals surface area contributed by atoms with Gasteiger partial charge in [0.05, 0.1) is 12.3 Å². The Labute approximate surface area is 252 Å². The Bertz CT molecular complexity index is 1090. The molecule has 6 atom stereocenters. The summed E-state index contributed by atoms with van der Waals surface area (Å²) in [5.41, 5.74) is 0. The minimum absolute atomic E-state index is 0.157. The van der Waals surface area contributed by atoms with Crippen LogP contribution >= 0.6 is 0 Å². The summed E-state index contributed by atoms with van der Waals surface area (Å²) in [4.78, 5) is 95.5. The summed E-state index contributed by atoms with van der Waals surface area (Å²) in [6, 6.07) is -3.89. The van der Waals surface area contributed by atoms with Gasteiger partial charge in [-0.15, -0.1) is 0 Å². The maximum atomic E-state index is 13.8. The molecule has 43 heavy (non-hydrogen) atoms. The molecule has 0 aromatic heterocycles. The summed E-state index contributed by atoms with van der Waals surface area (Å²) in [6.07, 6.45) is -1.32. The molecule has 0 radical (unpaired) electrons. The molecule has 3 N–H and O–H groups in total. The van der Waals surface area contributed by atoms with Crippen LogP contribution in [0.3, 0.4) is 0 Å². The number of nitrogens with one attached hydrogen (secondary N) is 2. The van der Waals surface area contributed by atoms with Crippen LogP contribution in [0.15, 0.2) is 0 Å². The summed E-state index contributed by atoms with van der Waals surface area (Å²) < 4.78 is 5.42. The zero-order valence-corrected chi connectivity index (χ0v) is 26.4. The van der Waals surface area contributed by atoms with Crippen LogP contribution in [0.25, 0.3) is 0 Å². The van der Waals surface area contributed by atoms with Gasteiger partial charge in [0.2, 0.25) is 23.6 Å². The van der Waals surface area contributed by atoms with Crippen molar-refractivity contribution in [1.82, 2.24) is 25.3 Å². The van der Waals surface area contributed by atoms with Gasteiger partial charge in [0, 0.05) is 33.6 Å². The Morgan fingerprint density at radius 3 is 2.12 bits per heavy atom. The number of esters is 1. The fraction of sp³-hybridized carbons (Fsp3) is 0.759. The largest absolute Gasteiger partial charge is 0.481 e. The zero-order valence-electron chi connectivity index (χ0n) is 26.4. The van der Waals surface area contributed by atoms with E-state index < -0.39 is 77.7 Å². The Morgan fingerprint density at radius 2 is 1.56 bits per heavy atom. The van der Waals surface area contributed by atoms with Crippen molar-refractivity contribution in [2.75, 3.05) is 27.2 Å². The molecule has 0 aliphatic carbocycles. The lowest BCUT2D eigenvalue weighted by atomic mass is 9.97. The maximum Gasteiger partial charge on any atom is 0.308 e. The first-order valence-electron chi connectivity index (χ1n) is 14.8. The van der Waals surface area contributed by atoms with Crippen molar-refractivity contribution in [2.24, 2.45) is 17.8 Å². The third-order valence-electron chi connectivity index (χ3n) is 8.19. The summed E-state index contributed by atoms with van der Waals surface area (Å²) >= 11 is 0. The van der Waals surface area contributed by atoms with Crippen LogP contribution in [0.2, 0.25) is 0 Å². The fourth-order valence-electron chi connectivity index (χ4n) is 5.36. The number of likely N-dealkylation sites (N-methyl/N-ethyl adjacent to an activating group) is 2. The SMILES string of the molecule is CC(C[C@H]1OC(=O)CCNC(=O)C(C)N(C)C(=O)C(C(C)C)N(C)C(=O)C(C(C)C)NC(=O)[C@@H]2CCCN2C1=O)C(=O)O. The molecule has 2 aliphatic rings. The standard InChI is InChI=1S/C29H47N5O9/c1-15(2)22-27(39)33(8)23(16(3)4)28(40)32(7)18(6)24(36)30-12-11-21(35)43-20(14-17(5)29(41)42)26(38)34-13-9-10-19(34)25(37)31-22/h15-20,22-23H,9-14H2,1-8H3,(H,30,36)(H,31,37)(H,41,42)/t17?,18?,19-,20+,22?,23?/m0/s1. The van der Waals surface area contributed by atoms with E-state index in [-0.39, 0.29) is 37.8 Å². The number of carbonyl (C=O) groups is 7. The molecule has 242 valence electrons. The fourth-order valence-corrected chi connectivity index (χ4v) is 5.36. The molecule has 0 aromatic rings. The van der Waals surface area contributed by atoms with E-state index in [0.29, 0.717) is 12.8 Å². The molecule has 2 fully saturated rings. The molecular formula is C29H47N5O9. The molecule has 0 bridgehead atoms. The van der Waals surface area contributed by atoms with Gasteiger partial charge in [-0.1, -0.05) is 34.6 Å². The number of ether oxygens (including phenoxy) is 1. The van der Waals surface area contributed by atoms with Crippen LogP contribution in [0.4, 0.5) is 0 Å². The van der Waals surface area contributed by atoms with E-state index in [1.807, 2.05) is 0 Å². The number of carboxylic acid groups (broad SMARTS) is 1. The van der Waals surface area contributed by atoms with Crippen LogP contribution in [-0.2, 0) is 38.3 Å². The van der Waals surface area contributed by atoms with Gasteiger partial charge < -0.3 is 35.2 Å². The van der Waals surface area contributed by atoms with E-state index in [1.54, 1.807) is 27.7 Å². The third kappa shape index (κ3) is 8.66. The zero-order chi connectivity index (χ0) is 32.8. The van der Waals surface area contributed by atoms with Gasteiger partial charge in [0.25, 0.3) is 5.91 Å². The number of hydrogen-bond donors (Lipinski definition) is 3. The monoisotopic (exact) mass is 609 g/mol. The minimum atomic E-state index is -1.46. The number of rotatable bonds is 5. The number of nitrogens with zero attached hydrogens (tertiary/aromatic N) is 3. The topological polar surface area (TPSA) is 183 Å². The predicted molar refractivity (Wildman–Crippen MR) is 154 cm³/mol. The smallest absolute Gasteiger partial charge is 0.308 e. The number of hydrogen-bond acceptors (Lipinski definition) is 8. The molecule has 2 aliphatic heterocycles. The number of aliphatic carboxylic acids is 1. The van der Waals surface area contributed by atoms with Gasteiger partial charge in [-0.3, -0.25) is 33.6 Å². The second-order valence-corrected chi connectivity index (χ2v) is 12.2. The molecule has 0 aromatic carbocycles. The van der Waals surface area contributed by atoms with Crippen LogP contribution < -0.4 is 10.6 Å². The average Bonchev–Trinajstić information content (AvgIpc) is 3.43. The Balaban J connectivity index is 2.53. The maximum absolute atomic E-state index is 13.8. The first kappa shape index (κ1) is 35.5. The molecule has 14 heteroatoms. The number of amides is 5. The van der Waals surface area contributed by atoms with E-state index in [4.69, 9.17) is 4.74 Å². The van der Waals surface area contributed by atoms with Crippen LogP contribution in [-0.4, -0.2) is 119 Å². The first-order chi connectivity index (χ1) is 20.0. The number of carboxylic acids is 1. The summed E-state index contributed by atoms with van der Waals surface area (Å²) in [5, 5.41) is 14.8. The van der Waals surface area contributed by atoms with Gasteiger partial charge in [0.15, 0.2) is 6.10 Å². The van der Waals surface area contributed by atoms with Crippen LogP contribution in [0, 0.1) is 17.8 Å². The number of fused-ring (bicyclic) bond motifs is 1. The highest BCUT2D eigenvalue weighted by Crippen LogP contribution is 2.24. The van der Waals surface area contributed by atoms with Crippen molar-refractivity contribution in [2.45, 2.75) is 97.5 Å². The summed E-state index contributed by atoms with van der Waals surface area (Å²) in [6.45, 7) is 9.96. The highest BCUT2D eigenvalue weighted by atomic mass is 16.5. The molecular weight excluding hydrogens is 562 g/mol. The molecule has 0 spiro atoms. The van der Waals surface area contributed by atoms with Gasteiger partial charge in [-0.2, -0.15) is 0 Å². The van der Waals surface area contributed by atoms with Crippen LogP contribution in [0.1, 0.15) is 67.2 Å². The Morgan fingerprint density at radius 1 is 0.930 bits per heavy atom. The average molecular weight is 610 g/mol. The molecule has 2 heterocycles. The first-order valence-corrected chi connectivity index (χ1v) is 14.8. The van der Waals surface area contributed by atoms with E-state index in [1.165, 1.54) is 42.6 Å². The Kier molecular flexibility index (Phi) is 12.5. The quantitative estimate of drug-likeness (QED) is 0.361. The van der Waals surface area contributed by atoms with E-state index in [0.717, 1.165) is 0 Å². The van der Waals surface area contributed by atoms with Crippen molar-refractivity contribution in [3.05, 3.63) is 0 Å². The summed E-state index contributed by atoms with van der Waals surface area (Å²) in [7, 11) is 2.93. The van der Waals surface area contributed by atoms with Crippen LogP contribution in [0.5, 0.6) is 0 Å². The second kappa shape index (κ2) is 15.1. The predicted octanol–water partition coefficient (Wildman–Crippen LogP) is -0.00940. The molecule has 4 unspecified atom stereocenters. The molecule has 2 saturated heterocycles. The van der Waals surface area contributed by atoms with Gasteiger partial charge in [-0.05, 0) is 31.6 Å². The molecule has 14 nitrogen and oxygen atoms in total. The summed E-state index contributed by atoms with van der Waals surface area (Å²) in [5.74, 6) is -6.56. The second-order valence-electron chi connectivity index (χ2n) is 12.2. The minimum Gasteiger partial charge on any atom is -0.481 e. The Hall–Kier alpha value is -3.71. The van der Waals surface area contributed by atoms with Crippen molar-refractivity contribution < 1.29 is 43.4 Å². The lowest BCUT2D eigenvalue weighted by molar-refractivity contribution is -0.164. The molecule has 0 saturated carbocycles. The van der Waals surface area contributed by atoms with Gasteiger partial charge in [-0.25, -0.2) is 0 Å². The van der Waals surface area contributed by atoms with E-state index in [9.17, 15) is 38.7 Å². The van der Waals surface area contributed by atoms with Crippen molar-refractivity contribution in [1.29, 1.82) is 0 Å². The van der Waals surface area contributed by atoms with Gasteiger partial charge in [0.1, 0.15) is 24.2 Å². The van der Waals surface area contributed by atoms with Gasteiger partial charge >= 0.3 is 11.9 Å².